The third-order valence-electron chi connectivity index (χ3n) is 5.71. The maximum absolute atomic E-state index is 12.0. The fraction of sp³-hybridized carbons (Fsp3) is 0.280. The number of furan rings is 1. The van der Waals surface area contributed by atoms with Crippen LogP contribution in [0.1, 0.15) is 22.8 Å². The minimum Gasteiger partial charge on any atom is -0.456 e. The highest BCUT2D eigenvalue weighted by Gasteiger charge is 2.46. The zero-order valence-corrected chi connectivity index (χ0v) is 17.8. The molecule has 0 radical (unpaired) electrons. The van der Waals surface area contributed by atoms with E-state index in [0.717, 1.165) is 11.1 Å². The van der Waals surface area contributed by atoms with Gasteiger partial charge in [0, 0.05) is 5.56 Å². The number of nitrogens with zero attached hydrogens (tertiary/aromatic N) is 1. The molecule has 0 unspecified atom stereocenters. The largest absolute Gasteiger partial charge is 0.456 e. The summed E-state index contributed by atoms with van der Waals surface area (Å²) in [6.07, 6.45) is -0.230. The lowest BCUT2D eigenvalue weighted by atomic mass is 10.0. The first-order valence-corrected chi connectivity index (χ1v) is 10.8. The number of H-pyrrole nitrogens is 1. The number of hydrogen-bond donors (Lipinski definition) is 2. The van der Waals surface area contributed by atoms with Gasteiger partial charge in [-0.25, -0.2) is 4.98 Å². The lowest BCUT2D eigenvalue weighted by molar-refractivity contribution is -0.0769. The number of fused-ring (bicyclic) bond motifs is 1. The molecular formula is C25H24N2O6. The Morgan fingerprint density at radius 1 is 1.00 bits per heavy atom. The van der Waals surface area contributed by atoms with Crippen LogP contribution in [0.25, 0.3) is 11.1 Å². The molecule has 0 saturated carbocycles. The first-order valence-electron chi connectivity index (χ1n) is 10.8. The van der Waals surface area contributed by atoms with Crippen molar-refractivity contribution in [1.82, 2.24) is 9.97 Å². The SMILES string of the molecule is O=c1[nH]cnc2c([C@@H]3O[C@H](COCc4ccccc4)[C@@H](OCc4ccccc4)[C@H]3O)coc12. The van der Waals surface area contributed by atoms with Crippen LogP contribution in [0.15, 0.2) is 82.5 Å². The Morgan fingerprint density at radius 3 is 2.42 bits per heavy atom. The maximum atomic E-state index is 12.0. The highest BCUT2D eigenvalue weighted by molar-refractivity contribution is 5.75. The number of nitrogens with one attached hydrogen (secondary N) is 1. The molecule has 0 aliphatic carbocycles. The van der Waals surface area contributed by atoms with Crippen LogP contribution in [-0.4, -0.2) is 40.0 Å². The van der Waals surface area contributed by atoms with Crippen molar-refractivity contribution in [2.24, 2.45) is 0 Å². The third-order valence-corrected chi connectivity index (χ3v) is 5.71. The van der Waals surface area contributed by atoms with E-state index in [4.69, 9.17) is 18.6 Å². The van der Waals surface area contributed by atoms with Crippen LogP contribution in [0.4, 0.5) is 0 Å². The van der Waals surface area contributed by atoms with E-state index in [1.54, 1.807) is 0 Å². The number of aromatic amines is 1. The van der Waals surface area contributed by atoms with Gasteiger partial charge in [0.25, 0.3) is 5.56 Å². The summed E-state index contributed by atoms with van der Waals surface area (Å²) in [7, 11) is 0. The van der Waals surface area contributed by atoms with E-state index >= 15 is 0 Å². The monoisotopic (exact) mass is 448 g/mol. The van der Waals surface area contributed by atoms with Crippen LogP contribution < -0.4 is 5.56 Å². The van der Waals surface area contributed by atoms with Gasteiger partial charge < -0.3 is 28.7 Å². The Bertz CT molecular complexity index is 1240. The molecule has 4 atom stereocenters. The number of aliphatic hydroxyl groups excluding tert-OH is 1. The Labute approximate surface area is 189 Å². The van der Waals surface area contributed by atoms with E-state index in [0.29, 0.717) is 24.3 Å². The average molecular weight is 448 g/mol. The van der Waals surface area contributed by atoms with E-state index in [2.05, 4.69) is 9.97 Å². The molecule has 0 bridgehead atoms. The van der Waals surface area contributed by atoms with Crippen molar-refractivity contribution in [3.05, 3.63) is 100 Å². The number of aromatic nitrogens is 2. The van der Waals surface area contributed by atoms with E-state index in [1.165, 1.54) is 12.6 Å². The van der Waals surface area contributed by atoms with Crippen molar-refractivity contribution in [3.8, 4) is 0 Å². The summed E-state index contributed by atoms with van der Waals surface area (Å²) >= 11 is 0. The summed E-state index contributed by atoms with van der Waals surface area (Å²) in [5.74, 6) is 0. The molecule has 5 rings (SSSR count). The van der Waals surface area contributed by atoms with Crippen LogP contribution in [0.3, 0.4) is 0 Å². The third kappa shape index (κ3) is 4.60. The summed E-state index contributed by atoms with van der Waals surface area (Å²) in [6.45, 7) is 0.960. The zero-order valence-electron chi connectivity index (χ0n) is 17.8. The van der Waals surface area contributed by atoms with Gasteiger partial charge in [0.1, 0.15) is 29.9 Å². The number of benzene rings is 2. The van der Waals surface area contributed by atoms with Crippen molar-refractivity contribution in [3.63, 3.8) is 0 Å². The van der Waals surface area contributed by atoms with E-state index in [9.17, 15) is 9.90 Å². The van der Waals surface area contributed by atoms with Gasteiger partial charge in [-0.15, -0.1) is 0 Å². The lowest BCUT2D eigenvalue weighted by Gasteiger charge is -2.21. The second-order valence-corrected chi connectivity index (χ2v) is 7.95. The predicted octanol–water partition coefficient (Wildman–Crippen LogP) is 3.12. The molecular weight excluding hydrogens is 424 g/mol. The first kappa shape index (κ1) is 21.5. The van der Waals surface area contributed by atoms with Gasteiger partial charge in [-0.2, -0.15) is 0 Å². The second-order valence-electron chi connectivity index (χ2n) is 7.95. The minimum absolute atomic E-state index is 0.0915. The average Bonchev–Trinajstić information content (AvgIpc) is 3.41. The molecule has 1 aliphatic rings. The summed E-state index contributed by atoms with van der Waals surface area (Å²) in [4.78, 5) is 18.7. The van der Waals surface area contributed by atoms with E-state index < -0.39 is 30.0 Å². The second kappa shape index (κ2) is 9.68. The Balaban J connectivity index is 1.35. The maximum Gasteiger partial charge on any atom is 0.294 e. The Morgan fingerprint density at radius 2 is 1.70 bits per heavy atom. The van der Waals surface area contributed by atoms with E-state index in [1.807, 2.05) is 60.7 Å². The van der Waals surface area contributed by atoms with Crippen LogP contribution >= 0.6 is 0 Å². The zero-order chi connectivity index (χ0) is 22.6. The first-order chi connectivity index (χ1) is 16.2. The van der Waals surface area contributed by atoms with Crippen molar-refractivity contribution in [2.45, 2.75) is 37.6 Å². The Hall–Kier alpha value is -3.30. The predicted molar refractivity (Wildman–Crippen MR) is 119 cm³/mol. The molecule has 0 amide bonds. The van der Waals surface area contributed by atoms with Crippen molar-refractivity contribution < 1.29 is 23.7 Å². The van der Waals surface area contributed by atoms with Crippen LogP contribution in [0.2, 0.25) is 0 Å². The standard InChI is InChI=1S/C25H24N2O6/c28-21-22(18-13-32-24-20(18)26-15-27-25(24)29)33-19(14-30-11-16-7-3-1-4-8-16)23(21)31-12-17-9-5-2-6-10-17/h1-10,13,15,19,21-23,28H,11-12,14H2,(H,26,27,29)/t19-,21+,22+,23-/m1/s1. The lowest BCUT2D eigenvalue weighted by Crippen LogP contribution is -2.36. The highest BCUT2D eigenvalue weighted by Crippen LogP contribution is 2.38. The fourth-order valence-corrected chi connectivity index (χ4v) is 4.05. The molecule has 2 aromatic heterocycles. The normalized spacial score (nSPS) is 22.7. The van der Waals surface area contributed by atoms with Gasteiger partial charge >= 0.3 is 0 Å². The summed E-state index contributed by atoms with van der Waals surface area (Å²) in [6, 6.07) is 19.5. The molecule has 0 spiro atoms. The number of aliphatic hydroxyl groups is 1. The van der Waals surface area contributed by atoms with Gasteiger partial charge in [0.2, 0.25) is 5.58 Å². The summed E-state index contributed by atoms with van der Waals surface area (Å²) < 4.78 is 23.6. The number of hydrogen-bond acceptors (Lipinski definition) is 7. The number of rotatable bonds is 8. The molecule has 2 N–H and O–H groups in total. The number of ether oxygens (including phenoxy) is 3. The van der Waals surface area contributed by atoms with Crippen LogP contribution in [-0.2, 0) is 27.4 Å². The fourth-order valence-electron chi connectivity index (χ4n) is 4.05. The van der Waals surface area contributed by atoms with Gasteiger partial charge in [0.05, 0.1) is 32.4 Å². The topological polar surface area (TPSA) is 107 Å². The van der Waals surface area contributed by atoms with Crippen LogP contribution in [0, 0.1) is 0 Å². The minimum atomic E-state index is -0.999. The molecule has 4 aromatic rings. The Kier molecular flexibility index (Phi) is 6.32. The summed E-state index contributed by atoms with van der Waals surface area (Å²) in [5.41, 5.74) is 2.59. The smallest absolute Gasteiger partial charge is 0.294 e. The summed E-state index contributed by atoms with van der Waals surface area (Å²) in [5, 5.41) is 11.2. The molecule has 1 fully saturated rings. The van der Waals surface area contributed by atoms with Crippen LogP contribution in [0.5, 0.6) is 0 Å². The van der Waals surface area contributed by atoms with Crippen molar-refractivity contribution in [2.75, 3.05) is 6.61 Å². The molecule has 1 aliphatic heterocycles. The molecule has 8 heteroatoms. The van der Waals surface area contributed by atoms with Gasteiger partial charge in [0.15, 0.2) is 0 Å². The molecule has 2 aromatic carbocycles. The van der Waals surface area contributed by atoms with Crippen molar-refractivity contribution in [1.29, 1.82) is 0 Å². The van der Waals surface area contributed by atoms with Gasteiger partial charge in [-0.05, 0) is 11.1 Å². The van der Waals surface area contributed by atoms with Gasteiger partial charge in [-0.1, -0.05) is 60.7 Å². The molecule has 1 saturated heterocycles. The van der Waals surface area contributed by atoms with Gasteiger partial charge in [-0.3, -0.25) is 4.79 Å². The molecule has 33 heavy (non-hydrogen) atoms. The van der Waals surface area contributed by atoms with Crippen molar-refractivity contribution >= 4 is 11.1 Å². The quantitative estimate of drug-likeness (QED) is 0.427. The molecule has 170 valence electrons. The molecule has 8 nitrogen and oxygen atoms in total. The van der Waals surface area contributed by atoms with E-state index in [-0.39, 0.29) is 12.2 Å². The highest BCUT2D eigenvalue weighted by atomic mass is 16.6. The molecule has 3 heterocycles.